The highest BCUT2D eigenvalue weighted by atomic mass is 16.5. The number of nitrogens with zero attached hydrogens (tertiary/aromatic N) is 4. The highest BCUT2D eigenvalue weighted by Gasteiger charge is 1.99. The van der Waals surface area contributed by atoms with E-state index in [2.05, 4.69) is 20.4 Å². The average Bonchev–Trinajstić information content (AvgIpc) is 2.97. The molecule has 0 spiro atoms. The van der Waals surface area contributed by atoms with Crippen molar-refractivity contribution in [2.45, 2.75) is 13.0 Å². The summed E-state index contributed by atoms with van der Waals surface area (Å²) in [6.45, 7) is 1.23. The summed E-state index contributed by atoms with van der Waals surface area (Å²) in [6, 6.07) is 8.86. The molecule has 0 amide bonds. The first-order valence-electron chi connectivity index (χ1n) is 6.28. The van der Waals surface area contributed by atoms with Crippen LogP contribution in [-0.4, -0.2) is 31.8 Å². The van der Waals surface area contributed by atoms with Crippen molar-refractivity contribution in [1.29, 1.82) is 0 Å². The van der Waals surface area contributed by atoms with Crippen LogP contribution in [0.15, 0.2) is 41.5 Å². The van der Waals surface area contributed by atoms with Crippen molar-refractivity contribution in [3.05, 3.63) is 47.0 Å². The molecule has 1 aromatic carbocycles. The van der Waals surface area contributed by atoms with Crippen molar-refractivity contribution in [1.82, 2.24) is 25.2 Å². The molecule has 3 aromatic rings. The van der Waals surface area contributed by atoms with Crippen molar-refractivity contribution in [2.75, 3.05) is 6.61 Å². The normalized spacial score (nSPS) is 10.8. The van der Waals surface area contributed by atoms with Gasteiger partial charge >= 0.3 is 0 Å². The summed E-state index contributed by atoms with van der Waals surface area (Å²) < 4.78 is 5.66. The van der Waals surface area contributed by atoms with Crippen molar-refractivity contribution >= 4 is 10.9 Å². The molecular formula is C13H13N5O2. The Bertz CT molecular complexity index is 751. The lowest BCUT2D eigenvalue weighted by Crippen LogP contribution is -2.07. The Morgan fingerprint density at radius 3 is 3.05 bits per heavy atom. The van der Waals surface area contributed by atoms with E-state index in [0.717, 1.165) is 23.1 Å². The van der Waals surface area contributed by atoms with Crippen LogP contribution in [-0.2, 0) is 6.54 Å². The predicted octanol–water partition coefficient (Wildman–Crippen LogP) is 0.984. The summed E-state index contributed by atoms with van der Waals surface area (Å²) in [4.78, 5) is 15.5. The van der Waals surface area contributed by atoms with E-state index in [1.165, 1.54) is 17.2 Å². The quantitative estimate of drug-likeness (QED) is 0.699. The summed E-state index contributed by atoms with van der Waals surface area (Å²) >= 11 is 0. The zero-order valence-corrected chi connectivity index (χ0v) is 10.7. The van der Waals surface area contributed by atoms with Gasteiger partial charge in [-0.25, -0.2) is 0 Å². The molecule has 0 atom stereocenters. The Morgan fingerprint density at radius 2 is 2.20 bits per heavy atom. The number of nitrogens with one attached hydrogen (secondary N) is 1. The van der Waals surface area contributed by atoms with Gasteiger partial charge in [0, 0.05) is 23.4 Å². The lowest BCUT2D eigenvalue weighted by Gasteiger charge is -2.06. The van der Waals surface area contributed by atoms with Gasteiger partial charge in [-0.05, 0) is 29.5 Å². The highest BCUT2D eigenvalue weighted by Crippen LogP contribution is 2.18. The molecule has 2 aromatic heterocycles. The van der Waals surface area contributed by atoms with E-state index >= 15 is 0 Å². The van der Waals surface area contributed by atoms with Gasteiger partial charge in [-0.3, -0.25) is 4.79 Å². The minimum atomic E-state index is -0.105. The van der Waals surface area contributed by atoms with Gasteiger partial charge in [0.15, 0.2) is 6.33 Å². The van der Waals surface area contributed by atoms with E-state index in [1.54, 1.807) is 6.07 Å². The number of aryl methyl sites for hydroxylation is 1. The van der Waals surface area contributed by atoms with Crippen LogP contribution in [0, 0.1) is 0 Å². The fourth-order valence-corrected chi connectivity index (χ4v) is 1.91. The van der Waals surface area contributed by atoms with E-state index in [0.29, 0.717) is 13.2 Å². The third kappa shape index (κ3) is 2.82. The number of hydrogen-bond donors (Lipinski definition) is 1. The number of hydrogen-bond acceptors (Lipinski definition) is 5. The molecule has 2 heterocycles. The number of pyridine rings is 1. The van der Waals surface area contributed by atoms with Crippen molar-refractivity contribution in [2.24, 2.45) is 0 Å². The van der Waals surface area contributed by atoms with Gasteiger partial charge < -0.3 is 9.72 Å². The molecule has 0 radical (unpaired) electrons. The van der Waals surface area contributed by atoms with E-state index in [9.17, 15) is 4.79 Å². The monoisotopic (exact) mass is 271 g/mol. The number of tetrazole rings is 1. The number of aromatic nitrogens is 5. The molecule has 0 fully saturated rings. The molecule has 0 aliphatic rings. The van der Waals surface area contributed by atoms with Crippen LogP contribution in [0.4, 0.5) is 0 Å². The topological polar surface area (TPSA) is 85.7 Å². The summed E-state index contributed by atoms with van der Waals surface area (Å²) in [5, 5.41) is 12.3. The molecular weight excluding hydrogens is 258 g/mol. The zero-order chi connectivity index (χ0) is 13.8. The number of H-pyrrole nitrogens is 1. The molecule has 7 heteroatoms. The van der Waals surface area contributed by atoms with Crippen LogP contribution in [0.5, 0.6) is 5.75 Å². The minimum absolute atomic E-state index is 0.105. The van der Waals surface area contributed by atoms with Gasteiger partial charge in [0.1, 0.15) is 5.75 Å². The predicted molar refractivity (Wildman–Crippen MR) is 72.5 cm³/mol. The van der Waals surface area contributed by atoms with Crippen LogP contribution in [0.1, 0.15) is 6.42 Å². The maximum atomic E-state index is 11.2. The van der Waals surface area contributed by atoms with Crippen LogP contribution in [0.2, 0.25) is 0 Å². The zero-order valence-electron chi connectivity index (χ0n) is 10.7. The van der Waals surface area contributed by atoms with Crippen molar-refractivity contribution in [3.63, 3.8) is 0 Å². The number of aromatic amines is 1. The SMILES string of the molecule is O=c1ccc2cc(OCCCn3ncnn3)ccc2[nH]1. The van der Waals surface area contributed by atoms with Crippen LogP contribution in [0.3, 0.4) is 0 Å². The average molecular weight is 271 g/mol. The number of ether oxygens (including phenoxy) is 1. The molecule has 1 N–H and O–H groups in total. The minimum Gasteiger partial charge on any atom is -0.494 e. The van der Waals surface area contributed by atoms with Gasteiger partial charge in [-0.1, -0.05) is 0 Å². The van der Waals surface area contributed by atoms with Crippen LogP contribution in [0.25, 0.3) is 10.9 Å². The third-order valence-electron chi connectivity index (χ3n) is 2.86. The Hall–Kier alpha value is -2.70. The smallest absolute Gasteiger partial charge is 0.248 e. The maximum absolute atomic E-state index is 11.2. The first-order chi connectivity index (χ1) is 9.81. The summed E-state index contributed by atoms with van der Waals surface area (Å²) in [7, 11) is 0. The van der Waals surface area contributed by atoms with Crippen LogP contribution < -0.4 is 10.3 Å². The summed E-state index contributed by atoms with van der Waals surface area (Å²) in [5.74, 6) is 0.774. The molecule has 20 heavy (non-hydrogen) atoms. The first kappa shape index (κ1) is 12.3. The highest BCUT2D eigenvalue weighted by molar-refractivity contribution is 5.79. The van der Waals surface area contributed by atoms with E-state index in [-0.39, 0.29) is 5.56 Å². The fraction of sp³-hybridized carbons (Fsp3) is 0.231. The number of rotatable bonds is 5. The van der Waals surface area contributed by atoms with E-state index in [1.807, 2.05) is 18.2 Å². The molecule has 0 aliphatic carbocycles. The molecule has 0 saturated heterocycles. The van der Waals surface area contributed by atoms with Crippen LogP contribution >= 0.6 is 0 Å². The number of benzene rings is 1. The lowest BCUT2D eigenvalue weighted by atomic mass is 10.2. The van der Waals surface area contributed by atoms with Gasteiger partial charge in [0.05, 0.1) is 13.2 Å². The van der Waals surface area contributed by atoms with Gasteiger partial charge in [0.2, 0.25) is 5.56 Å². The molecule has 102 valence electrons. The Balaban J connectivity index is 1.60. The van der Waals surface area contributed by atoms with E-state index < -0.39 is 0 Å². The second-order valence-corrected chi connectivity index (χ2v) is 4.31. The molecule has 0 aliphatic heterocycles. The second-order valence-electron chi connectivity index (χ2n) is 4.31. The maximum Gasteiger partial charge on any atom is 0.248 e. The summed E-state index contributed by atoms with van der Waals surface area (Å²) in [5.41, 5.74) is 0.697. The standard InChI is InChI=1S/C13H13N5O2/c19-13-5-2-10-8-11(3-4-12(10)16-13)20-7-1-6-18-15-9-14-17-18/h2-5,8-9H,1,6-7H2,(H,16,19). The fourth-order valence-electron chi connectivity index (χ4n) is 1.91. The van der Waals surface area contributed by atoms with Gasteiger partial charge in [-0.2, -0.15) is 4.80 Å². The van der Waals surface area contributed by atoms with Gasteiger partial charge in [0.25, 0.3) is 0 Å². The molecule has 0 bridgehead atoms. The second kappa shape index (κ2) is 5.52. The Kier molecular flexibility index (Phi) is 3.40. The van der Waals surface area contributed by atoms with Crippen molar-refractivity contribution in [3.8, 4) is 5.75 Å². The third-order valence-corrected chi connectivity index (χ3v) is 2.86. The Labute approximate surface area is 114 Å². The first-order valence-corrected chi connectivity index (χ1v) is 6.28. The molecule has 7 nitrogen and oxygen atoms in total. The van der Waals surface area contributed by atoms with Crippen molar-refractivity contribution < 1.29 is 4.74 Å². The number of fused-ring (bicyclic) bond motifs is 1. The molecule has 3 rings (SSSR count). The largest absolute Gasteiger partial charge is 0.494 e. The summed E-state index contributed by atoms with van der Waals surface area (Å²) in [6.07, 6.45) is 2.20. The Morgan fingerprint density at radius 1 is 1.25 bits per heavy atom. The lowest BCUT2D eigenvalue weighted by molar-refractivity contribution is 0.293. The van der Waals surface area contributed by atoms with Gasteiger partial charge in [-0.15, -0.1) is 10.2 Å². The molecule has 0 saturated carbocycles. The molecule has 0 unspecified atom stereocenters. The van der Waals surface area contributed by atoms with E-state index in [4.69, 9.17) is 4.74 Å².